The molecular weight excluding hydrogens is 461 g/mol. The van der Waals surface area contributed by atoms with E-state index in [9.17, 15) is 26.4 Å². The number of amides is 1. The monoisotopic (exact) mass is 476 g/mol. The lowest BCUT2D eigenvalue weighted by Gasteiger charge is -2.34. The second-order valence-electron chi connectivity index (χ2n) is 6.23. The molecule has 2 aromatic carbocycles. The van der Waals surface area contributed by atoms with Crippen molar-refractivity contribution in [3.8, 4) is 0 Å². The van der Waals surface area contributed by atoms with Crippen LogP contribution in [0.3, 0.4) is 0 Å². The number of benzene rings is 2. The third-order valence-corrected chi connectivity index (χ3v) is 6.88. The molecular formula is C18H16BrF3N2O3S. The molecule has 0 saturated carbocycles. The molecule has 0 bridgehead atoms. The van der Waals surface area contributed by atoms with Crippen molar-refractivity contribution in [2.24, 2.45) is 0 Å². The third kappa shape index (κ3) is 4.39. The Morgan fingerprint density at radius 2 is 1.43 bits per heavy atom. The van der Waals surface area contributed by atoms with E-state index in [1.165, 1.54) is 4.31 Å². The zero-order valence-corrected chi connectivity index (χ0v) is 16.9. The van der Waals surface area contributed by atoms with E-state index in [1.54, 1.807) is 29.2 Å². The molecule has 0 aromatic heterocycles. The first-order chi connectivity index (χ1) is 13.1. The Hall–Kier alpha value is -1.91. The molecule has 0 aliphatic carbocycles. The van der Waals surface area contributed by atoms with Crippen LogP contribution in [-0.4, -0.2) is 49.7 Å². The molecule has 1 heterocycles. The molecule has 0 unspecified atom stereocenters. The summed E-state index contributed by atoms with van der Waals surface area (Å²) in [5.41, 5.74) is -0.404. The quantitative estimate of drug-likeness (QED) is 0.679. The average molecular weight is 477 g/mol. The highest BCUT2D eigenvalue weighted by molar-refractivity contribution is 9.10. The maximum atomic E-state index is 12.7. The molecule has 5 nitrogen and oxygen atoms in total. The molecule has 1 saturated heterocycles. The van der Waals surface area contributed by atoms with Gasteiger partial charge in [0.2, 0.25) is 10.0 Å². The second-order valence-corrected chi connectivity index (χ2v) is 9.08. The molecule has 28 heavy (non-hydrogen) atoms. The zero-order valence-electron chi connectivity index (χ0n) is 14.5. The molecule has 2 aromatic rings. The van der Waals surface area contributed by atoms with E-state index in [-0.39, 0.29) is 37.0 Å². The van der Waals surface area contributed by atoms with Crippen LogP contribution in [-0.2, 0) is 16.2 Å². The van der Waals surface area contributed by atoms with Gasteiger partial charge in [0.25, 0.3) is 5.91 Å². The number of nitrogens with zero attached hydrogens (tertiary/aromatic N) is 2. The fraction of sp³-hybridized carbons (Fsp3) is 0.278. The maximum absolute atomic E-state index is 12.7. The highest BCUT2D eigenvalue weighted by Crippen LogP contribution is 2.30. The summed E-state index contributed by atoms with van der Waals surface area (Å²) in [5, 5.41) is 0. The number of hydrogen-bond acceptors (Lipinski definition) is 3. The molecule has 1 aliphatic heterocycles. The summed E-state index contributed by atoms with van der Waals surface area (Å²) < 4.78 is 65.3. The lowest BCUT2D eigenvalue weighted by Crippen LogP contribution is -2.50. The van der Waals surface area contributed by atoms with Crippen molar-refractivity contribution in [1.29, 1.82) is 0 Å². The van der Waals surface area contributed by atoms with Crippen molar-refractivity contribution < 1.29 is 26.4 Å². The van der Waals surface area contributed by atoms with E-state index in [4.69, 9.17) is 0 Å². The van der Waals surface area contributed by atoms with Gasteiger partial charge in [-0.25, -0.2) is 8.42 Å². The Morgan fingerprint density at radius 3 is 1.93 bits per heavy atom. The Morgan fingerprint density at radius 1 is 0.893 bits per heavy atom. The SMILES string of the molecule is O=C(c1ccc(Br)cc1)N1CCN(S(=O)(=O)c2ccc(C(F)(F)F)cc2)CC1. The van der Waals surface area contributed by atoms with Crippen LogP contribution in [0.2, 0.25) is 0 Å². The van der Waals surface area contributed by atoms with Gasteiger partial charge >= 0.3 is 6.18 Å². The number of hydrogen-bond donors (Lipinski definition) is 0. The molecule has 0 N–H and O–H groups in total. The van der Waals surface area contributed by atoms with Crippen molar-refractivity contribution in [3.63, 3.8) is 0 Å². The number of piperazine rings is 1. The van der Waals surface area contributed by atoms with Crippen LogP contribution in [0.25, 0.3) is 0 Å². The van der Waals surface area contributed by atoms with E-state index in [2.05, 4.69) is 15.9 Å². The lowest BCUT2D eigenvalue weighted by molar-refractivity contribution is -0.137. The van der Waals surface area contributed by atoms with E-state index >= 15 is 0 Å². The third-order valence-electron chi connectivity index (χ3n) is 4.44. The normalized spacial score (nSPS) is 16.2. The van der Waals surface area contributed by atoms with Gasteiger partial charge in [0.1, 0.15) is 0 Å². The fourth-order valence-corrected chi connectivity index (χ4v) is 4.56. The van der Waals surface area contributed by atoms with Gasteiger partial charge in [-0.15, -0.1) is 0 Å². The van der Waals surface area contributed by atoms with Crippen molar-refractivity contribution in [3.05, 3.63) is 64.1 Å². The lowest BCUT2D eigenvalue weighted by atomic mass is 10.2. The van der Waals surface area contributed by atoms with E-state index in [0.29, 0.717) is 5.56 Å². The molecule has 0 atom stereocenters. The standard InChI is InChI=1S/C18H16BrF3N2O3S/c19-15-5-1-13(2-6-15)17(25)23-9-11-24(12-10-23)28(26,27)16-7-3-14(4-8-16)18(20,21)22/h1-8H,9-12H2. The van der Waals surface area contributed by atoms with Crippen LogP contribution in [0.1, 0.15) is 15.9 Å². The largest absolute Gasteiger partial charge is 0.416 e. The minimum absolute atomic E-state index is 0.0750. The first-order valence-electron chi connectivity index (χ1n) is 8.31. The van der Waals surface area contributed by atoms with Crippen LogP contribution in [0.15, 0.2) is 57.9 Å². The number of carbonyl (C=O) groups is 1. The van der Waals surface area contributed by atoms with Gasteiger partial charge in [0, 0.05) is 36.2 Å². The van der Waals surface area contributed by atoms with Crippen molar-refractivity contribution >= 4 is 31.9 Å². The molecule has 1 fully saturated rings. The van der Waals surface area contributed by atoms with E-state index in [0.717, 1.165) is 28.7 Å². The van der Waals surface area contributed by atoms with Crippen LogP contribution in [0, 0.1) is 0 Å². The minimum atomic E-state index is -4.53. The smallest absolute Gasteiger partial charge is 0.336 e. The summed E-state index contributed by atoms with van der Waals surface area (Å²) in [6.07, 6.45) is -4.53. The van der Waals surface area contributed by atoms with Crippen LogP contribution < -0.4 is 0 Å². The van der Waals surface area contributed by atoms with Gasteiger partial charge in [0.05, 0.1) is 10.5 Å². The Bertz CT molecular complexity index is 953. The number of rotatable bonds is 3. The fourth-order valence-electron chi connectivity index (χ4n) is 2.87. The van der Waals surface area contributed by atoms with Crippen molar-refractivity contribution in [1.82, 2.24) is 9.21 Å². The van der Waals surface area contributed by atoms with Gasteiger partial charge in [-0.2, -0.15) is 17.5 Å². The summed E-state index contributed by atoms with van der Waals surface area (Å²) in [6.45, 7) is 0.556. The number of alkyl halides is 3. The topological polar surface area (TPSA) is 57.7 Å². The summed E-state index contributed by atoms with van der Waals surface area (Å²) in [5.74, 6) is -0.195. The Balaban J connectivity index is 1.68. The first kappa shape index (κ1) is 20.8. The maximum Gasteiger partial charge on any atom is 0.416 e. The van der Waals surface area contributed by atoms with Crippen LogP contribution in [0.5, 0.6) is 0 Å². The second kappa shape index (κ2) is 7.84. The Labute approximate surface area is 168 Å². The highest BCUT2D eigenvalue weighted by atomic mass is 79.9. The van der Waals surface area contributed by atoms with Crippen LogP contribution in [0.4, 0.5) is 13.2 Å². The van der Waals surface area contributed by atoms with Crippen LogP contribution >= 0.6 is 15.9 Å². The van der Waals surface area contributed by atoms with Gasteiger partial charge in [-0.1, -0.05) is 15.9 Å². The summed E-state index contributed by atoms with van der Waals surface area (Å²) in [7, 11) is -3.92. The molecule has 3 rings (SSSR count). The molecule has 0 radical (unpaired) electrons. The zero-order chi connectivity index (χ0) is 20.5. The summed E-state index contributed by atoms with van der Waals surface area (Å²) in [6, 6.07) is 10.3. The minimum Gasteiger partial charge on any atom is -0.336 e. The Kier molecular flexibility index (Phi) is 5.83. The van der Waals surface area contributed by atoms with Gasteiger partial charge < -0.3 is 4.90 Å². The molecule has 1 amide bonds. The predicted octanol–water partition coefficient (Wildman–Crippen LogP) is 3.61. The summed E-state index contributed by atoms with van der Waals surface area (Å²) in [4.78, 5) is 13.9. The average Bonchev–Trinajstić information content (AvgIpc) is 2.67. The number of carbonyl (C=O) groups excluding carboxylic acids is 1. The van der Waals surface area contributed by atoms with E-state index < -0.39 is 21.8 Å². The van der Waals surface area contributed by atoms with E-state index in [1.807, 2.05) is 0 Å². The molecule has 150 valence electrons. The van der Waals surface area contributed by atoms with Crippen molar-refractivity contribution in [2.45, 2.75) is 11.1 Å². The molecule has 0 spiro atoms. The number of sulfonamides is 1. The van der Waals surface area contributed by atoms with Crippen molar-refractivity contribution in [2.75, 3.05) is 26.2 Å². The first-order valence-corrected chi connectivity index (χ1v) is 10.5. The molecule has 10 heteroatoms. The van der Waals surface area contributed by atoms with Gasteiger partial charge in [-0.3, -0.25) is 4.79 Å². The number of halogens is 4. The molecule has 1 aliphatic rings. The summed E-state index contributed by atoms with van der Waals surface area (Å²) >= 11 is 3.30. The highest BCUT2D eigenvalue weighted by Gasteiger charge is 2.33. The van der Waals surface area contributed by atoms with Gasteiger partial charge in [0.15, 0.2) is 0 Å². The predicted molar refractivity (Wildman–Crippen MR) is 100 cm³/mol. The van der Waals surface area contributed by atoms with Gasteiger partial charge in [-0.05, 0) is 48.5 Å².